The number of aliphatic carboxylic acids is 1. The molecule has 98 valence electrons. The van der Waals surface area contributed by atoms with E-state index in [9.17, 15) is 4.79 Å². The van der Waals surface area contributed by atoms with E-state index in [-0.39, 0.29) is 0 Å². The highest BCUT2D eigenvalue weighted by molar-refractivity contribution is 6.34. The molecule has 1 saturated carbocycles. The van der Waals surface area contributed by atoms with Gasteiger partial charge in [0.2, 0.25) is 0 Å². The molecule has 0 amide bonds. The fraction of sp³-hybridized carbons (Fsp3) is 0.500. The standard InChI is InChI=1S/C12H14Cl2N2O2/c1-7(12(17)18)16(9-2-3-9)6-11-10(14)4-8(13)5-15-11/h4-5,7,9H,2-3,6H2,1H3,(H,17,18). The normalized spacial score (nSPS) is 16.9. The number of hydrogen-bond acceptors (Lipinski definition) is 3. The van der Waals surface area contributed by atoms with Crippen LogP contribution in [0.3, 0.4) is 0 Å². The monoisotopic (exact) mass is 288 g/mol. The zero-order chi connectivity index (χ0) is 13.3. The summed E-state index contributed by atoms with van der Waals surface area (Å²) in [6, 6.07) is 1.41. The molecule has 1 aromatic rings. The van der Waals surface area contributed by atoms with Crippen molar-refractivity contribution in [2.24, 2.45) is 0 Å². The van der Waals surface area contributed by atoms with Gasteiger partial charge >= 0.3 is 5.97 Å². The second-order valence-corrected chi connectivity index (χ2v) is 5.34. The van der Waals surface area contributed by atoms with Crippen LogP contribution in [-0.4, -0.2) is 33.0 Å². The summed E-state index contributed by atoms with van der Waals surface area (Å²) in [4.78, 5) is 17.2. The minimum atomic E-state index is -0.827. The Hall–Kier alpha value is -0.840. The van der Waals surface area contributed by atoms with Gasteiger partial charge in [0.05, 0.1) is 15.7 Å². The number of rotatable bonds is 5. The molecule has 0 bridgehead atoms. The van der Waals surface area contributed by atoms with Crippen molar-refractivity contribution in [1.82, 2.24) is 9.88 Å². The summed E-state index contributed by atoms with van der Waals surface area (Å²) in [5, 5.41) is 10.1. The topological polar surface area (TPSA) is 53.4 Å². The van der Waals surface area contributed by atoms with Crippen molar-refractivity contribution in [2.75, 3.05) is 0 Å². The van der Waals surface area contributed by atoms with E-state index >= 15 is 0 Å². The van der Waals surface area contributed by atoms with Gasteiger partial charge in [0.15, 0.2) is 0 Å². The molecule has 1 heterocycles. The SMILES string of the molecule is CC(C(=O)O)N(Cc1ncc(Cl)cc1Cl)C1CC1. The van der Waals surface area contributed by atoms with Crippen LogP contribution < -0.4 is 0 Å². The van der Waals surface area contributed by atoms with Crippen molar-refractivity contribution in [3.63, 3.8) is 0 Å². The Bertz CT molecular complexity index is 463. The molecule has 1 aromatic heterocycles. The van der Waals surface area contributed by atoms with E-state index in [4.69, 9.17) is 28.3 Å². The largest absolute Gasteiger partial charge is 0.480 e. The van der Waals surface area contributed by atoms with Crippen LogP contribution in [0.4, 0.5) is 0 Å². The first-order valence-electron chi connectivity index (χ1n) is 5.77. The first kappa shape index (κ1) is 13.6. The summed E-state index contributed by atoms with van der Waals surface area (Å²) in [7, 11) is 0. The zero-order valence-electron chi connectivity index (χ0n) is 9.94. The third kappa shape index (κ3) is 3.13. The second-order valence-electron chi connectivity index (χ2n) is 4.50. The van der Waals surface area contributed by atoms with Crippen LogP contribution in [0, 0.1) is 0 Å². The highest BCUT2D eigenvalue weighted by Crippen LogP contribution is 2.31. The maximum atomic E-state index is 11.1. The third-order valence-corrected chi connectivity index (χ3v) is 3.62. The molecule has 1 atom stereocenters. The van der Waals surface area contributed by atoms with Crippen LogP contribution in [0.2, 0.25) is 10.0 Å². The fourth-order valence-corrected chi connectivity index (χ4v) is 2.30. The van der Waals surface area contributed by atoms with E-state index in [1.54, 1.807) is 13.0 Å². The minimum absolute atomic E-state index is 0.324. The molecule has 0 radical (unpaired) electrons. The Kier molecular flexibility index (Phi) is 4.10. The summed E-state index contributed by atoms with van der Waals surface area (Å²) >= 11 is 11.8. The lowest BCUT2D eigenvalue weighted by molar-refractivity contribution is -0.143. The predicted molar refractivity (Wildman–Crippen MR) is 69.9 cm³/mol. The van der Waals surface area contributed by atoms with Crippen LogP contribution >= 0.6 is 23.2 Å². The summed E-state index contributed by atoms with van der Waals surface area (Å²) in [6.45, 7) is 2.12. The van der Waals surface area contributed by atoms with E-state index in [1.165, 1.54) is 6.20 Å². The Morgan fingerprint density at radius 3 is 2.78 bits per heavy atom. The van der Waals surface area contributed by atoms with Gasteiger partial charge in [-0.1, -0.05) is 23.2 Å². The molecule has 1 unspecified atom stereocenters. The summed E-state index contributed by atoms with van der Waals surface area (Å²) in [6.07, 6.45) is 3.59. The van der Waals surface area contributed by atoms with Gasteiger partial charge in [0.25, 0.3) is 0 Å². The Balaban J connectivity index is 2.15. The van der Waals surface area contributed by atoms with Gasteiger partial charge in [0.1, 0.15) is 6.04 Å². The fourth-order valence-electron chi connectivity index (χ4n) is 1.86. The van der Waals surface area contributed by atoms with E-state index in [1.807, 2.05) is 4.90 Å². The first-order chi connectivity index (χ1) is 8.49. The van der Waals surface area contributed by atoms with Crippen molar-refractivity contribution in [2.45, 2.75) is 38.4 Å². The smallest absolute Gasteiger partial charge is 0.320 e. The minimum Gasteiger partial charge on any atom is -0.480 e. The average Bonchev–Trinajstić information content (AvgIpc) is 3.11. The number of carbonyl (C=O) groups is 1. The second kappa shape index (κ2) is 5.43. The highest BCUT2D eigenvalue weighted by Gasteiger charge is 2.35. The molecular formula is C12H14Cl2N2O2. The van der Waals surface area contributed by atoms with Gasteiger partial charge in [-0.3, -0.25) is 14.7 Å². The summed E-state index contributed by atoms with van der Waals surface area (Å²) in [5.41, 5.74) is 0.668. The molecule has 0 aliphatic heterocycles. The zero-order valence-corrected chi connectivity index (χ0v) is 11.4. The number of aromatic nitrogens is 1. The molecule has 1 aliphatic carbocycles. The molecule has 1 aliphatic rings. The quantitative estimate of drug-likeness (QED) is 0.905. The van der Waals surface area contributed by atoms with Gasteiger partial charge < -0.3 is 5.11 Å². The number of pyridine rings is 1. The van der Waals surface area contributed by atoms with Gasteiger partial charge in [0, 0.05) is 18.8 Å². The average molecular weight is 289 g/mol. The van der Waals surface area contributed by atoms with Gasteiger partial charge in [-0.25, -0.2) is 0 Å². The van der Waals surface area contributed by atoms with E-state index in [2.05, 4.69) is 4.98 Å². The van der Waals surface area contributed by atoms with Crippen LogP contribution in [0.1, 0.15) is 25.5 Å². The van der Waals surface area contributed by atoms with Crippen molar-refractivity contribution < 1.29 is 9.90 Å². The van der Waals surface area contributed by atoms with Crippen molar-refractivity contribution >= 4 is 29.2 Å². The molecule has 1 N–H and O–H groups in total. The molecule has 4 nitrogen and oxygen atoms in total. The molecule has 6 heteroatoms. The van der Waals surface area contributed by atoms with Crippen molar-refractivity contribution in [1.29, 1.82) is 0 Å². The maximum absolute atomic E-state index is 11.1. The lowest BCUT2D eigenvalue weighted by Gasteiger charge is -2.26. The third-order valence-electron chi connectivity index (χ3n) is 3.09. The van der Waals surface area contributed by atoms with Crippen LogP contribution in [0.25, 0.3) is 0 Å². The Labute approximate surface area is 116 Å². The highest BCUT2D eigenvalue weighted by atomic mass is 35.5. The van der Waals surface area contributed by atoms with Crippen LogP contribution in [0.15, 0.2) is 12.3 Å². The van der Waals surface area contributed by atoms with Gasteiger partial charge in [-0.15, -0.1) is 0 Å². The first-order valence-corrected chi connectivity index (χ1v) is 6.53. The van der Waals surface area contributed by atoms with Crippen molar-refractivity contribution in [3.8, 4) is 0 Å². The Morgan fingerprint density at radius 2 is 2.28 bits per heavy atom. The molecule has 0 aromatic carbocycles. The van der Waals surface area contributed by atoms with Gasteiger partial charge in [-0.05, 0) is 25.8 Å². The Morgan fingerprint density at radius 1 is 1.61 bits per heavy atom. The molecule has 18 heavy (non-hydrogen) atoms. The number of halogens is 2. The summed E-state index contributed by atoms with van der Waals surface area (Å²) < 4.78 is 0. The molecule has 0 saturated heterocycles. The number of nitrogens with zero attached hydrogens (tertiary/aromatic N) is 2. The molecule has 2 rings (SSSR count). The van der Waals surface area contributed by atoms with Gasteiger partial charge in [-0.2, -0.15) is 0 Å². The van der Waals surface area contributed by atoms with E-state index in [0.717, 1.165) is 12.8 Å². The maximum Gasteiger partial charge on any atom is 0.320 e. The molecular weight excluding hydrogens is 275 g/mol. The summed E-state index contributed by atoms with van der Waals surface area (Å²) in [5.74, 6) is -0.827. The predicted octanol–water partition coefficient (Wildman–Crippen LogP) is 2.83. The number of carboxylic acids is 1. The van der Waals surface area contributed by atoms with Crippen LogP contribution in [-0.2, 0) is 11.3 Å². The number of carboxylic acid groups (broad SMARTS) is 1. The molecule has 1 fully saturated rings. The number of hydrogen-bond donors (Lipinski definition) is 1. The lowest BCUT2D eigenvalue weighted by Crippen LogP contribution is -2.40. The lowest BCUT2D eigenvalue weighted by atomic mass is 10.2. The molecule has 0 spiro atoms. The van der Waals surface area contributed by atoms with E-state index < -0.39 is 12.0 Å². The van der Waals surface area contributed by atoms with Crippen molar-refractivity contribution in [3.05, 3.63) is 28.0 Å². The van der Waals surface area contributed by atoms with Crippen LogP contribution in [0.5, 0.6) is 0 Å². The van der Waals surface area contributed by atoms with E-state index in [0.29, 0.717) is 28.3 Å².